The van der Waals surface area contributed by atoms with Crippen LogP contribution in [0.3, 0.4) is 0 Å². The molecule has 46 valence electrons. The van der Waals surface area contributed by atoms with E-state index in [1.807, 2.05) is 0 Å². The summed E-state index contributed by atoms with van der Waals surface area (Å²) < 4.78 is 6.29. The summed E-state index contributed by atoms with van der Waals surface area (Å²) in [7, 11) is 0. The minimum absolute atomic E-state index is 0.376. The van der Waals surface area contributed by atoms with Gasteiger partial charge in [0.2, 0.25) is 0 Å². The minimum atomic E-state index is 0.376. The molecule has 0 saturated carbocycles. The molecule has 0 radical (unpaired) electrons. The normalized spacial score (nSPS) is 26.5. The fourth-order valence-electron chi connectivity index (χ4n) is 0.769. The summed E-state index contributed by atoms with van der Waals surface area (Å²) in [5.41, 5.74) is 0.376. The van der Waals surface area contributed by atoms with Gasteiger partial charge in [-0.05, 0) is 0 Å². The zero-order valence-corrected chi connectivity index (χ0v) is 6.51. The third-order valence-corrected chi connectivity index (χ3v) is 1.66. The predicted molar refractivity (Wildman–Crippen MR) is 29.4 cm³/mol. The molecule has 0 aliphatic carbocycles. The van der Waals surface area contributed by atoms with Crippen LogP contribution in [0.4, 0.5) is 0 Å². The Hall–Kier alpha value is 0.362. The van der Waals surface area contributed by atoms with Crippen molar-refractivity contribution in [3.8, 4) is 0 Å². The van der Waals surface area contributed by atoms with E-state index in [2.05, 4.69) is 29.7 Å². The molecule has 0 unspecified atom stereocenters. The van der Waals surface area contributed by atoms with E-state index in [4.69, 9.17) is 4.74 Å². The van der Waals surface area contributed by atoms with Crippen molar-refractivity contribution in [1.29, 1.82) is 0 Å². The molecule has 1 aliphatic rings. The monoisotopic (exact) mass is 150 g/mol. The van der Waals surface area contributed by atoms with Crippen molar-refractivity contribution in [2.24, 2.45) is 5.41 Å². The summed E-state index contributed by atoms with van der Waals surface area (Å²) in [4.78, 5) is 0. The van der Waals surface area contributed by atoms with E-state index >= 15 is 0 Å². The van der Waals surface area contributed by atoms with Gasteiger partial charge in [-0.3, -0.25) is 0 Å². The second-order valence-corrected chi connectivity index (χ2v) is 3.71. The molecule has 0 spiro atoms. The zero-order valence-electron chi connectivity index (χ0n) is 5.23. The third kappa shape index (κ3) is 1.42. The molecular formula is C6H10CrO. The molecule has 1 aliphatic heterocycles. The van der Waals surface area contributed by atoms with Crippen LogP contribution >= 0.6 is 0 Å². The Balaban J connectivity index is 2.56. The van der Waals surface area contributed by atoms with Crippen molar-refractivity contribution in [2.75, 3.05) is 6.61 Å². The Morgan fingerprint density at radius 1 is 1.62 bits per heavy atom. The molecule has 0 aromatic rings. The van der Waals surface area contributed by atoms with E-state index in [1.54, 1.807) is 0 Å². The Bertz CT molecular complexity index is 118. The van der Waals surface area contributed by atoms with Gasteiger partial charge in [0, 0.05) is 0 Å². The fourth-order valence-corrected chi connectivity index (χ4v) is 1.47. The molecule has 1 saturated heterocycles. The first-order valence-corrected chi connectivity index (χ1v) is 3.40. The molecular weight excluding hydrogens is 140 g/mol. The third-order valence-electron chi connectivity index (χ3n) is 1.25. The fraction of sp³-hybridized carbons (Fsp3) is 0.833. The van der Waals surface area contributed by atoms with Crippen LogP contribution in [0.5, 0.6) is 0 Å². The quantitative estimate of drug-likeness (QED) is 0.502. The maximum absolute atomic E-state index is 5.23. The van der Waals surface area contributed by atoms with Gasteiger partial charge in [-0.15, -0.1) is 0 Å². The van der Waals surface area contributed by atoms with Crippen molar-refractivity contribution in [3.05, 3.63) is 0 Å². The average Bonchev–Trinajstić information content (AvgIpc) is 1.82. The van der Waals surface area contributed by atoms with Gasteiger partial charge >= 0.3 is 57.4 Å². The van der Waals surface area contributed by atoms with Crippen molar-refractivity contribution in [3.63, 3.8) is 0 Å². The van der Waals surface area contributed by atoms with Crippen molar-refractivity contribution in [2.45, 2.75) is 20.3 Å². The van der Waals surface area contributed by atoms with Gasteiger partial charge in [0.1, 0.15) is 0 Å². The molecule has 2 heteroatoms. The second-order valence-electron chi connectivity index (χ2n) is 3.00. The van der Waals surface area contributed by atoms with E-state index in [0.29, 0.717) is 5.41 Å². The van der Waals surface area contributed by atoms with Crippen LogP contribution in [0.2, 0.25) is 0 Å². The summed E-state index contributed by atoms with van der Waals surface area (Å²) in [6, 6.07) is 0. The summed E-state index contributed by atoms with van der Waals surface area (Å²) in [5, 5.41) is 0. The van der Waals surface area contributed by atoms with Gasteiger partial charge in [0.05, 0.1) is 0 Å². The Morgan fingerprint density at radius 2 is 2.25 bits per heavy atom. The molecule has 0 amide bonds. The average molecular weight is 150 g/mol. The Labute approximate surface area is 58.0 Å². The van der Waals surface area contributed by atoms with Crippen LogP contribution < -0.4 is 0 Å². The van der Waals surface area contributed by atoms with Gasteiger partial charge in [-0.1, -0.05) is 0 Å². The van der Waals surface area contributed by atoms with E-state index in [9.17, 15) is 0 Å². The molecule has 1 nitrogen and oxygen atoms in total. The summed E-state index contributed by atoms with van der Waals surface area (Å²) in [5.74, 6) is 0. The van der Waals surface area contributed by atoms with Gasteiger partial charge in [-0.2, -0.15) is 0 Å². The van der Waals surface area contributed by atoms with Crippen LogP contribution in [0.15, 0.2) is 0 Å². The molecule has 1 fully saturated rings. The summed E-state index contributed by atoms with van der Waals surface area (Å²) in [6.45, 7) is 5.28. The number of hydrogen-bond acceptors (Lipinski definition) is 1. The first kappa shape index (κ1) is 6.48. The topological polar surface area (TPSA) is 9.23 Å². The molecule has 8 heavy (non-hydrogen) atoms. The van der Waals surface area contributed by atoms with Gasteiger partial charge in [-0.25, -0.2) is 0 Å². The van der Waals surface area contributed by atoms with E-state index in [1.165, 1.54) is 0 Å². The predicted octanol–water partition coefficient (Wildman–Crippen LogP) is 1.11. The first-order valence-electron chi connectivity index (χ1n) is 2.76. The van der Waals surface area contributed by atoms with Crippen LogP contribution in [0.1, 0.15) is 20.3 Å². The van der Waals surface area contributed by atoms with Gasteiger partial charge in [0.15, 0.2) is 0 Å². The number of hydrogen-bond donors (Lipinski definition) is 0. The van der Waals surface area contributed by atoms with Crippen LogP contribution in [0.25, 0.3) is 0 Å². The van der Waals surface area contributed by atoms with Crippen LogP contribution in [0, 0.1) is 5.41 Å². The summed E-state index contributed by atoms with van der Waals surface area (Å²) in [6.07, 6.45) is 1.08. The molecule has 0 atom stereocenters. The number of ether oxygens (including phenoxy) is 1. The molecule has 1 rings (SSSR count). The van der Waals surface area contributed by atoms with E-state index in [0.717, 1.165) is 17.6 Å². The van der Waals surface area contributed by atoms with E-state index < -0.39 is 0 Å². The van der Waals surface area contributed by atoms with Crippen molar-refractivity contribution >= 4 is 4.57 Å². The Kier molecular flexibility index (Phi) is 1.58. The summed E-state index contributed by atoms with van der Waals surface area (Å²) >= 11 is 2.89. The first-order chi connectivity index (χ1) is 3.60. The van der Waals surface area contributed by atoms with Gasteiger partial charge in [0.25, 0.3) is 0 Å². The SMILES string of the molecule is CC1(C)CO[C](=[Cr])C1. The molecule has 0 aromatic carbocycles. The Morgan fingerprint density at radius 3 is 2.38 bits per heavy atom. The maximum atomic E-state index is 5.23. The molecule has 0 aromatic heterocycles. The molecule has 0 bridgehead atoms. The van der Waals surface area contributed by atoms with Crippen LogP contribution in [-0.2, 0) is 20.6 Å². The molecule has 1 heterocycles. The van der Waals surface area contributed by atoms with Crippen molar-refractivity contribution in [1.82, 2.24) is 0 Å². The van der Waals surface area contributed by atoms with Gasteiger partial charge < -0.3 is 0 Å². The van der Waals surface area contributed by atoms with Crippen molar-refractivity contribution < 1.29 is 20.6 Å². The zero-order chi connectivity index (χ0) is 6.20. The number of rotatable bonds is 0. The van der Waals surface area contributed by atoms with Crippen LogP contribution in [-0.4, -0.2) is 11.2 Å². The van der Waals surface area contributed by atoms with E-state index in [-0.39, 0.29) is 0 Å². The molecule has 0 N–H and O–H groups in total. The second kappa shape index (κ2) is 1.95. The standard InChI is InChI=1S/C6H10O.Cr/c1-6(2)3-4-7-5-6;/h3,5H2,1-2H3;.